The number of ether oxygens (including phenoxy) is 2. The molecule has 0 amide bonds. The number of anilines is 1. The van der Waals surface area contributed by atoms with Gasteiger partial charge in [-0.1, -0.05) is 12.1 Å². The zero-order chi connectivity index (χ0) is 22.0. The van der Waals surface area contributed by atoms with Crippen LogP contribution in [0.15, 0.2) is 56.3 Å². The van der Waals surface area contributed by atoms with E-state index in [1.807, 2.05) is 24.3 Å². The van der Waals surface area contributed by atoms with E-state index in [0.29, 0.717) is 27.3 Å². The van der Waals surface area contributed by atoms with E-state index in [1.54, 1.807) is 12.1 Å². The SMILES string of the molecule is COc1c2occc2c(OC)c2c(=O)c3cc(-c4nc5ccccc5s4)c(N)nc3oc12. The Labute approximate surface area is 183 Å². The average molecular weight is 445 g/mol. The van der Waals surface area contributed by atoms with E-state index < -0.39 is 0 Å². The summed E-state index contributed by atoms with van der Waals surface area (Å²) in [6.07, 6.45) is 1.50. The summed E-state index contributed by atoms with van der Waals surface area (Å²) in [5.41, 5.74) is 8.06. The molecule has 0 unspecified atom stereocenters. The van der Waals surface area contributed by atoms with Gasteiger partial charge in [-0.25, -0.2) is 4.98 Å². The van der Waals surface area contributed by atoms with Crippen molar-refractivity contribution < 1.29 is 18.3 Å². The van der Waals surface area contributed by atoms with Crippen molar-refractivity contribution in [1.82, 2.24) is 9.97 Å². The molecule has 0 bridgehead atoms. The number of pyridine rings is 1. The molecule has 32 heavy (non-hydrogen) atoms. The highest BCUT2D eigenvalue weighted by molar-refractivity contribution is 7.21. The van der Waals surface area contributed by atoms with Gasteiger partial charge >= 0.3 is 0 Å². The number of aromatic nitrogens is 2. The van der Waals surface area contributed by atoms with Crippen LogP contribution in [0.2, 0.25) is 0 Å². The third kappa shape index (κ3) is 2.45. The number of thiazole rings is 1. The van der Waals surface area contributed by atoms with Crippen LogP contribution in [-0.2, 0) is 0 Å². The molecule has 9 heteroatoms. The highest BCUT2D eigenvalue weighted by Gasteiger charge is 2.25. The molecule has 6 aromatic rings. The van der Waals surface area contributed by atoms with Crippen LogP contribution in [0.5, 0.6) is 11.5 Å². The lowest BCUT2D eigenvalue weighted by Crippen LogP contribution is -2.08. The molecule has 0 aliphatic heterocycles. The highest BCUT2D eigenvalue weighted by atomic mass is 32.1. The van der Waals surface area contributed by atoms with Crippen molar-refractivity contribution in [1.29, 1.82) is 0 Å². The lowest BCUT2D eigenvalue weighted by atomic mass is 10.1. The maximum atomic E-state index is 13.6. The largest absolute Gasteiger partial charge is 0.495 e. The Balaban J connectivity index is 1.73. The van der Waals surface area contributed by atoms with Crippen molar-refractivity contribution in [2.24, 2.45) is 0 Å². The molecule has 0 spiro atoms. The van der Waals surface area contributed by atoms with E-state index in [4.69, 9.17) is 24.0 Å². The summed E-state index contributed by atoms with van der Waals surface area (Å²) in [7, 11) is 2.97. The molecule has 158 valence electrons. The van der Waals surface area contributed by atoms with Gasteiger partial charge in [0, 0.05) is 0 Å². The number of hydrogen-bond donors (Lipinski definition) is 1. The Hall–Kier alpha value is -4.11. The molecule has 0 atom stereocenters. The van der Waals surface area contributed by atoms with Crippen LogP contribution in [0, 0.1) is 0 Å². The first-order valence-electron chi connectivity index (χ1n) is 9.65. The number of nitrogen functional groups attached to an aromatic ring is 1. The van der Waals surface area contributed by atoms with Crippen molar-refractivity contribution in [3.63, 3.8) is 0 Å². The molecule has 0 saturated carbocycles. The summed E-state index contributed by atoms with van der Waals surface area (Å²) in [6, 6.07) is 11.2. The van der Waals surface area contributed by atoms with Gasteiger partial charge in [-0.3, -0.25) is 4.79 Å². The van der Waals surface area contributed by atoms with Crippen LogP contribution in [0.25, 0.3) is 53.8 Å². The number of fused-ring (bicyclic) bond motifs is 4. The Morgan fingerprint density at radius 1 is 1.00 bits per heavy atom. The number of para-hydroxylation sites is 1. The van der Waals surface area contributed by atoms with Crippen LogP contribution in [0.3, 0.4) is 0 Å². The fraction of sp³-hybridized carbons (Fsp3) is 0.0870. The van der Waals surface area contributed by atoms with Crippen LogP contribution in [0.1, 0.15) is 0 Å². The van der Waals surface area contributed by atoms with Crippen molar-refractivity contribution in [3.8, 4) is 22.1 Å². The summed E-state index contributed by atoms with van der Waals surface area (Å²) >= 11 is 1.48. The standard InChI is InChI=1S/C23H15N3O5S/c1-28-17-10-7-8-30-18(10)20(29-2)19-15(17)16(27)11-9-12(21(24)26-22(11)31-19)23-25-13-5-3-4-6-14(13)32-23/h3-9H,1-2H3,(H2,24,26). The number of methoxy groups -OCH3 is 2. The molecule has 0 aliphatic rings. The van der Waals surface area contributed by atoms with Crippen LogP contribution in [-0.4, -0.2) is 24.2 Å². The van der Waals surface area contributed by atoms with Gasteiger partial charge in [0.15, 0.2) is 11.2 Å². The second kappa shape index (κ2) is 6.69. The van der Waals surface area contributed by atoms with Gasteiger partial charge in [-0.15, -0.1) is 11.3 Å². The summed E-state index contributed by atoms with van der Waals surface area (Å²) in [6.45, 7) is 0. The van der Waals surface area contributed by atoms with Gasteiger partial charge < -0.3 is 24.0 Å². The molecule has 0 fully saturated rings. The molecule has 0 aliphatic carbocycles. The van der Waals surface area contributed by atoms with Gasteiger partial charge in [0.25, 0.3) is 0 Å². The molecule has 4 heterocycles. The van der Waals surface area contributed by atoms with Gasteiger partial charge in [-0.05, 0) is 24.3 Å². The summed E-state index contributed by atoms with van der Waals surface area (Å²) in [4.78, 5) is 22.7. The smallest absolute Gasteiger partial charge is 0.232 e. The first kappa shape index (κ1) is 18.6. The van der Waals surface area contributed by atoms with Crippen molar-refractivity contribution in [2.45, 2.75) is 0 Å². The number of furan rings is 1. The number of rotatable bonds is 3. The fourth-order valence-corrected chi connectivity index (χ4v) is 4.95. The first-order valence-corrected chi connectivity index (χ1v) is 10.5. The molecule has 2 aromatic carbocycles. The normalized spacial score (nSPS) is 11.7. The molecular formula is C23H15N3O5S. The molecule has 4 aromatic heterocycles. The lowest BCUT2D eigenvalue weighted by molar-refractivity contribution is 0.402. The zero-order valence-corrected chi connectivity index (χ0v) is 17.8. The molecular weight excluding hydrogens is 430 g/mol. The monoisotopic (exact) mass is 445 g/mol. The van der Waals surface area contributed by atoms with Crippen molar-refractivity contribution in [3.05, 3.63) is 52.9 Å². The number of hydrogen-bond acceptors (Lipinski definition) is 9. The van der Waals surface area contributed by atoms with Gasteiger partial charge in [0.1, 0.15) is 22.0 Å². The minimum atomic E-state index is -0.311. The van der Waals surface area contributed by atoms with E-state index in [0.717, 1.165) is 10.2 Å². The van der Waals surface area contributed by atoms with E-state index in [9.17, 15) is 4.79 Å². The second-order valence-electron chi connectivity index (χ2n) is 7.13. The topological polar surface area (TPSA) is 114 Å². The maximum absolute atomic E-state index is 13.6. The number of benzene rings is 2. The third-order valence-corrected chi connectivity index (χ3v) is 6.47. The maximum Gasteiger partial charge on any atom is 0.232 e. The quantitative estimate of drug-likeness (QED) is 0.380. The third-order valence-electron chi connectivity index (χ3n) is 5.40. The molecule has 0 radical (unpaired) electrons. The lowest BCUT2D eigenvalue weighted by Gasteiger charge is -2.11. The summed E-state index contributed by atoms with van der Waals surface area (Å²) in [5, 5.41) is 1.79. The molecule has 6 rings (SSSR count). The predicted molar refractivity (Wildman–Crippen MR) is 124 cm³/mol. The van der Waals surface area contributed by atoms with Crippen LogP contribution < -0.4 is 20.6 Å². The van der Waals surface area contributed by atoms with Gasteiger partial charge in [0.05, 0.1) is 47.0 Å². The number of nitrogens with zero attached hydrogens (tertiary/aromatic N) is 2. The van der Waals surface area contributed by atoms with E-state index in [-0.39, 0.29) is 39.1 Å². The van der Waals surface area contributed by atoms with Crippen molar-refractivity contribution in [2.75, 3.05) is 20.0 Å². The predicted octanol–water partition coefficient (Wildman–Crippen LogP) is 4.96. The Bertz CT molecular complexity index is 1720. The number of nitrogens with two attached hydrogens (primary N) is 1. The van der Waals surface area contributed by atoms with E-state index >= 15 is 0 Å². The highest BCUT2D eigenvalue weighted by Crippen LogP contribution is 2.43. The van der Waals surface area contributed by atoms with Crippen LogP contribution >= 0.6 is 11.3 Å². The van der Waals surface area contributed by atoms with Crippen LogP contribution in [0.4, 0.5) is 5.82 Å². The Kier molecular flexibility index (Phi) is 3.90. The van der Waals surface area contributed by atoms with E-state index in [1.165, 1.54) is 31.8 Å². The Morgan fingerprint density at radius 2 is 1.81 bits per heavy atom. The van der Waals surface area contributed by atoms with E-state index in [2.05, 4.69) is 9.97 Å². The molecule has 2 N–H and O–H groups in total. The summed E-state index contributed by atoms with van der Waals surface area (Å²) < 4.78 is 23.7. The minimum Gasteiger partial charge on any atom is -0.495 e. The minimum absolute atomic E-state index is 0.0936. The second-order valence-corrected chi connectivity index (χ2v) is 8.16. The summed E-state index contributed by atoms with van der Waals surface area (Å²) in [5.74, 6) is 0.845. The Morgan fingerprint density at radius 3 is 2.59 bits per heavy atom. The molecule has 8 nitrogen and oxygen atoms in total. The first-order chi connectivity index (χ1) is 15.6. The fourth-order valence-electron chi connectivity index (χ4n) is 3.96. The van der Waals surface area contributed by atoms with Gasteiger partial charge in [0.2, 0.25) is 16.9 Å². The van der Waals surface area contributed by atoms with Crippen molar-refractivity contribution >= 4 is 60.4 Å². The average Bonchev–Trinajstić information content (AvgIpc) is 3.44. The van der Waals surface area contributed by atoms with Gasteiger partial charge in [-0.2, -0.15) is 4.98 Å². The zero-order valence-electron chi connectivity index (χ0n) is 17.0. The molecule has 0 saturated heterocycles.